The van der Waals surface area contributed by atoms with Crippen molar-refractivity contribution < 1.29 is 4.74 Å². The van der Waals surface area contributed by atoms with Crippen molar-refractivity contribution in [1.29, 1.82) is 0 Å². The first-order valence-corrected chi connectivity index (χ1v) is 5.45. The van der Waals surface area contributed by atoms with Crippen LogP contribution < -0.4 is 4.74 Å². The van der Waals surface area contributed by atoms with Crippen LogP contribution in [0.4, 0.5) is 0 Å². The Hall–Kier alpha value is -1.57. The summed E-state index contributed by atoms with van der Waals surface area (Å²) >= 11 is 0. The maximum Gasteiger partial charge on any atom is 0.137 e. The highest BCUT2D eigenvalue weighted by Crippen LogP contribution is 2.30. The van der Waals surface area contributed by atoms with Crippen LogP contribution in [0.3, 0.4) is 0 Å². The Bertz CT molecular complexity index is 512. The van der Waals surface area contributed by atoms with Crippen LogP contribution in [0, 0.1) is 0 Å². The number of nitrogens with zero attached hydrogens (tertiary/aromatic N) is 1. The lowest BCUT2D eigenvalue weighted by molar-refractivity contribution is 0.413. The van der Waals surface area contributed by atoms with Gasteiger partial charge < -0.3 is 4.74 Å². The first-order chi connectivity index (χ1) is 7.52. The number of methoxy groups -OCH3 is 1. The molecule has 0 spiro atoms. The average Bonchev–Trinajstić information content (AvgIpc) is 2.26. The van der Waals surface area contributed by atoms with Gasteiger partial charge in [-0.15, -0.1) is 0 Å². The largest absolute Gasteiger partial charge is 0.495 e. The van der Waals surface area contributed by atoms with Crippen LogP contribution in [0.1, 0.15) is 26.3 Å². The molecular weight excluding hydrogens is 198 g/mol. The van der Waals surface area contributed by atoms with E-state index in [0.717, 1.165) is 11.3 Å². The van der Waals surface area contributed by atoms with Crippen molar-refractivity contribution in [2.24, 2.45) is 0 Å². The molecular formula is C14H17NO. The number of hydrogen-bond acceptors (Lipinski definition) is 2. The van der Waals surface area contributed by atoms with E-state index < -0.39 is 0 Å². The van der Waals surface area contributed by atoms with Crippen LogP contribution in [0.2, 0.25) is 0 Å². The van der Waals surface area contributed by atoms with Gasteiger partial charge in [0.25, 0.3) is 0 Å². The first kappa shape index (κ1) is 10.9. The summed E-state index contributed by atoms with van der Waals surface area (Å²) in [4.78, 5) is 4.40. The van der Waals surface area contributed by atoms with Gasteiger partial charge in [0.15, 0.2) is 0 Å². The van der Waals surface area contributed by atoms with E-state index in [0.29, 0.717) is 0 Å². The summed E-state index contributed by atoms with van der Waals surface area (Å²) in [6.07, 6.45) is 1.76. The lowest BCUT2D eigenvalue weighted by Gasteiger charge is -2.21. The summed E-state index contributed by atoms with van der Waals surface area (Å²) in [5, 5.41) is 1.18. The molecule has 2 rings (SSSR count). The Morgan fingerprint density at radius 2 is 1.94 bits per heavy atom. The van der Waals surface area contributed by atoms with Gasteiger partial charge in [0.1, 0.15) is 5.75 Å². The second-order valence-corrected chi connectivity index (χ2v) is 5.00. The Labute approximate surface area is 96.3 Å². The van der Waals surface area contributed by atoms with Crippen LogP contribution in [-0.4, -0.2) is 12.1 Å². The van der Waals surface area contributed by atoms with Crippen molar-refractivity contribution in [3.8, 4) is 5.75 Å². The molecule has 2 aromatic rings. The SMILES string of the molecule is COc1cnc2cccc(C(C)(C)C)c2c1. The third kappa shape index (κ3) is 1.87. The number of ether oxygens (including phenoxy) is 1. The van der Waals surface area contributed by atoms with Gasteiger partial charge in [0.2, 0.25) is 0 Å². The molecule has 1 heterocycles. The summed E-state index contributed by atoms with van der Waals surface area (Å²) in [5.41, 5.74) is 2.44. The fraction of sp³-hybridized carbons (Fsp3) is 0.357. The quantitative estimate of drug-likeness (QED) is 0.726. The molecule has 0 radical (unpaired) electrons. The molecule has 0 amide bonds. The molecule has 0 bridgehead atoms. The van der Waals surface area contributed by atoms with Crippen molar-refractivity contribution in [2.75, 3.05) is 7.11 Å². The molecule has 0 aliphatic carbocycles. The van der Waals surface area contributed by atoms with Gasteiger partial charge in [-0.25, -0.2) is 0 Å². The second kappa shape index (κ2) is 3.78. The third-order valence-corrected chi connectivity index (χ3v) is 2.74. The van der Waals surface area contributed by atoms with E-state index in [4.69, 9.17) is 4.74 Å². The summed E-state index contributed by atoms with van der Waals surface area (Å²) in [7, 11) is 1.67. The predicted molar refractivity (Wildman–Crippen MR) is 67.0 cm³/mol. The summed E-state index contributed by atoms with van der Waals surface area (Å²) in [6.45, 7) is 6.63. The van der Waals surface area contributed by atoms with E-state index in [-0.39, 0.29) is 5.41 Å². The number of aromatic nitrogens is 1. The second-order valence-electron chi connectivity index (χ2n) is 5.00. The van der Waals surface area contributed by atoms with Gasteiger partial charge in [0, 0.05) is 5.39 Å². The van der Waals surface area contributed by atoms with E-state index >= 15 is 0 Å². The molecule has 0 saturated heterocycles. The standard InChI is InChI=1S/C14H17NO/c1-14(2,3)12-6-5-7-13-11(12)8-10(16-4)9-15-13/h5-9H,1-4H3. The van der Waals surface area contributed by atoms with Crippen LogP contribution >= 0.6 is 0 Å². The summed E-state index contributed by atoms with van der Waals surface area (Å²) in [6, 6.07) is 8.30. The Balaban J connectivity index is 2.74. The van der Waals surface area contributed by atoms with Crippen molar-refractivity contribution in [1.82, 2.24) is 4.98 Å². The average molecular weight is 215 g/mol. The minimum Gasteiger partial charge on any atom is -0.495 e. The molecule has 84 valence electrons. The zero-order valence-electron chi connectivity index (χ0n) is 10.2. The molecule has 0 saturated carbocycles. The minimum atomic E-state index is 0.119. The van der Waals surface area contributed by atoms with Gasteiger partial charge in [-0.2, -0.15) is 0 Å². The fourth-order valence-corrected chi connectivity index (χ4v) is 1.90. The molecule has 2 nitrogen and oxygen atoms in total. The number of benzene rings is 1. The van der Waals surface area contributed by atoms with E-state index in [1.807, 2.05) is 6.07 Å². The number of fused-ring (bicyclic) bond motifs is 1. The zero-order chi connectivity index (χ0) is 11.8. The molecule has 0 fully saturated rings. The fourth-order valence-electron chi connectivity index (χ4n) is 1.90. The van der Waals surface area contributed by atoms with Crippen LogP contribution in [-0.2, 0) is 5.41 Å². The molecule has 0 aliphatic heterocycles. The molecule has 0 aliphatic rings. The van der Waals surface area contributed by atoms with Crippen LogP contribution in [0.5, 0.6) is 5.75 Å². The smallest absolute Gasteiger partial charge is 0.137 e. The van der Waals surface area contributed by atoms with Gasteiger partial charge in [-0.3, -0.25) is 4.98 Å². The van der Waals surface area contributed by atoms with Crippen molar-refractivity contribution in [3.63, 3.8) is 0 Å². The Morgan fingerprint density at radius 1 is 1.19 bits per heavy atom. The maximum atomic E-state index is 5.23. The Kier molecular flexibility index (Phi) is 2.58. The van der Waals surface area contributed by atoms with Gasteiger partial charge in [-0.05, 0) is 23.1 Å². The van der Waals surface area contributed by atoms with E-state index in [2.05, 4.69) is 44.0 Å². The molecule has 0 N–H and O–H groups in total. The predicted octanol–water partition coefficient (Wildman–Crippen LogP) is 3.54. The molecule has 16 heavy (non-hydrogen) atoms. The number of hydrogen-bond donors (Lipinski definition) is 0. The molecule has 0 atom stereocenters. The van der Waals surface area contributed by atoms with Gasteiger partial charge in [-0.1, -0.05) is 32.9 Å². The Morgan fingerprint density at radius 3 is 2.56 bits per heavy atom. The van der Waals surface area contributed by atoms with Crippen LogP contribution in [0.25, 0.3) is 10.9 Å². The summed E-state index contributed by atoms with van der Waals surface area (Å²) < 4.78 is 5.23. The van der Waals surface area contributed by atoms with E-state index in [1.165, 1.54) is 10.9 Å². The highest BCUT2D eigenvalue weighted by molar-refractivity contribution is 5.84. The van der Waals surface area contributed by atoms with Crippen LogP contribution in [0.15, 0.2) is 30.5 Å². The zero-order valence-corrected chi connectivity index (χ0v) is 10.2. The highest BCUT2D eigenvalue weighted by Gasteiger charge is 2.17. The third-order valence-electron chi connectivity index (χ3n) is 2.74. The topological polar surface area (TPSA) is 22.1 Å². The van der Waals surface area contributed by atoms with Crippen molar-refractivity contribution in [2.45, 2.75) is 26.2 Å². The molecule has 1 aromatic carbocycles. The lowest BCUT2D eigenvalue weighted by atomic mass is 9.84. The van der Waals surface area contributed by atoms with E-state index in [9.17, 15) is 0 Å². The van der Waals surface area contributed by atoms with Gasteiger partial charge in [0.05, 0.1) is 18.8 Å². The minimum absolute atomic E-state index is 0.119. The number of pyridine rings is 1. The molecule has 2 heteroatoms. The maximum absolute atomic E-state index is 5.23. The van der Waals surface area contributed by atoms with E-state index in [1.54, 1.807) is 13.3 Å². The first-order valence-electron chi connectivity index (χ1n) is 5.45. The molecule has 0 unspecified atom stereocenters. The number of rotatable bonds is 1. The highest BCUT2D eigenvalue weighted by atomic mass is 16.5. The lowest BCUT2D eigenvalue weighted by Crippen LogP contribution is -2.11. The monoisotopic (exact) mass is 215 g/mol. The summed E-state index contributed by atoms with van der Waals surface area (Å²) in [5.74, 6) is 0.809. The normalized spacial score (nSPS) is 11.8. The van der Waals surface area contributed by atoms with Crippen molar-refractivity contribution in [3.05, 3.63) is 36.0 Å². The van der Waals surface area contributed by atoms with Gasteiger partial charge >= 0.3 is 0 Å². The molecule has 1 aromatic heterocycles. The van der Waals surface area contributed by atoms with Crippen molar-refractivity contribution >= 4 is 10.9 Å².